The normalized spacial score (nSPS) is 22.5. The predicted molar refractivity (Wildman–Crippen MR) is 379 cm³/mol. The fourth-order valence-electron chi connectivity index (χ4n) is 11.8. The lowest BCUT2D eigenvalue weighted by Gasteiger charge is -2.35. The molecule has 1 aromatic carbocycles. The minimum Gasteiger partial charge on any atom is -0.0885 e. The number of fused-ring (bicyclic) bond motifs is 2. The molecule has 0 spiro atoms. The van der Waals surface area contributed by atoms with Crippen LogP contribution in [0.3, 0.4) is 0 Å². The third-order valence-electron chi connectivity index (χ3n) is 17.4. The van der Waals surface area contributed by atoms with Crippen molar-refractivity contribution in [2.24, 2.45) is 11.8 Å². The summed E-state index contributed by atoms with van der Waals surface area (Å²) in [5.74, 6) is 2.31. The zero-order valence-corrected chi connectivity index (χ0v) is 51.0. The van der Waals surface area contributed by atoms with Crippen molar-refractivity contribution in [3.05, 3.63) is 108 Å². The number of aryl methyl sites for hydroxylation is 2. The largest absolute Gasteiger partial charge is 0.0885 e. The number of hydrogen-bond acceptors (Lipinski definition) is 0. The van der Waals surface area contributed by atoms with Crippen molar-refractivity contribution >= 4 is 0 Å². The Morgan fingerprint density at radius 3 is 0.580 bits per heavy atom. The molecule has 8 fully saturated rings. The van der Waals surface area contributed by atoms with Crippen LogP contribution in [-0.4, -0.2) is 0 Å². The van der Waals surface area contributed by atoms with Crippen molar-refractivity contribution < 1.29 is 0 Å². The summed E-state index contributed by atoms with van der Waals surface area (Å²) in [5.41, 5.74) is 3.16. The molecule has 81 heavy (non-hydrogen) atoms. The zero-order chi connectivity index (χ0) is 53.2. The van der Waals surface area contributed by atoms with Gasteiger partial charge in [-0.05, 0) is 119 Å². The molecule has 0 aliphatic heterocycles. The van der Waals surface area contributed by atoms with E-state index in [0.717, 1.165) is 24.7 Å². The van der Waals surface area contributed by atoms with Crippen molar-refractivity contribution in [3.63, 3.8) is 0 Å². The van der Waals surface area contributed by atoms with E-state index in [-0.39, 0.29) is 37.1 Å². The standard InChI is InChI=1S/C10H18.C10H12.C8H16.C7H14.C6H12.C6H10.2C6H8.C5H10.C5H8.C4H8.C3H6.5CH4/c2*1-2-6-10-8-4-3-7-9(10)5-1;1-2-4-6-8-7-5-3-1;1-2-4-6-7-5-3-1;4*1-2-4-6-5-3-1;2*1-2-4-5-3-1;1-2-4-3-1;1-2-3-1;;;;;/h9-10H,1-8H2;1-2,5-6H,3-4,7-8H2;1-8H2;1-7H2;1-6H2;1-2H,3-6H2;1-2,5-6H,3-4H2;1-4H,5-6H2;1-5H2;1-2H,3-5H2;1-4H2;1-3H2;5*1H4. The summed E-state index contributed by atoms with van der Waals surface area (Å²) in [6.07, 6.45) is 108. The molecule has 0 aromatic heterocycles. The van der Waals surface area contributed by atoms with E-state index in [9.17, 15) is 0 Å². The smallest absolute Gasteiger partial charge is 0.0169 e. The van der Waals surface area contributed by atoms with Crippen LogP contribution in [0, 0.1) is 11.8 Å². The fourth-order valence-corrected chi connectivity index (χ4v) is 11.8. The molecule has 474 valence electrons. The van der Waals surface area contributed by atoms with Gasteiger partial charge in [0.25, 0.3) is 0 Å². The van der Waals surface area contributed by atoms with Crippen molar-refractivity contribution in [1.29, 1.82) is 0 Å². The van der Waals surface area contributed by atoms with E-state index < -0.39 is 0 Å². The van der Waals surface area contributed by atoms with Crippen LogP contribution >= 0.6 is 0 Å². The van der Waals surface area contributed by atoms with Gasteiger partial charge in [-0.15, -0.1) is 0 Å². The first-order valence-electron chi connectivity index (χ1n) is 34.9. The van der Waals surface area contributed by atoms with Crippen molar-refractivity contribution in [2.45, 2.75) is 397 Å². The fraction of sp³-hybridized carbons (Fsp3) is 0.778. The van der Waals surface area contributed by atoms with Gasteiger partial charge >= 0.3 is 0 Å². The van der Waals surface area contributed by atoms with Crippen LogP contribution in [-0.2, 0) is 12.8 Å². The Hall–Kier alpha value is -2.34. The molecule has 0 amide bonds. The van der Waals surface area contributed by atoms with E-state index in [1.165, 1.54) is 321 Å². The van der Waals surface area contributed by atoms with Gasteiger partial charge in [-0.1, -0.05) is 398 Å². The van der Waals surface area contributed by atoms with E-state index in [4.69, 9.17) is 0 Å². The lowest BCUT2D eigenvalue weighted by atomic mass is 9.71. The monoisotopic (exact) mass is 1120 g/mol. The Morgan fingerprint density at radius 1 is 0.198 bits per heavy atom. The molecule has 0 heterocycles. The highest BCUT2D eigenvalue weighted by Gasteiger charge is 2.27. The van der Waals surface area contributed by atoms with Crippen molar-refractivity contribution in [2.75, 3.05) is 0 Å². The first-order valence-corrected chi connectivity index (χ1v) is 34.9. The molecule has 8 saturated carbocycles. The van der Waals surface area contributed by atoms with Crippen LogP contribution < -0.4 is 0 Å². The van der Waals surface area contributed by atoms with E-state index in [0.29, 0.717) is 0 Å². The molecular formula is C81H150. The summed E-state index contributed by atoms with van der Waals surface area (Å²) < 4.78 is 0. The van der Waals surface area contributed by atoms with Crippen LogP contribution in [0.1, 0.15) is 395 Å². The van der Waals surface area contributed by atoms with Crippen LogP contribution in [0.25, 0.3) is 0 Å². The maximum Gasteiger partial charge on any atom is -0.0169 e. The first kappa shape index (κ1) is 82.9. The van der Waals surface area contributed by atoms with Gasteiger partial charge in [-0.25, -0.2) is 0 Å². The molecule has 0 atom stereocenters. The first-order chi connectivity index (χ1) is 37.9. The summed E-state index contributed by atoms with van der Waals surface area (Å²) in [6.45, 7) is 0. The molecule has 0 bridgehead atoms. The molecule has 0 unspecified atom stereocenters. The summed E-state index contributed by atoms with van der Waals surface area (Å²) in [7, 11) is 0. The van der Waals surface area contributed by atoms with Gasteiger partial charge in [0.15, 0.2) is 0 Å². The van der Waals surface area contributed by atoms with Gasteiger partial charge in [-0.3, -0.25) is 0 Å². The second-order valence-electron chi connectivity index (χ2n) is 24.7. The highest BCUT2D eigenvalue weighted by molar-refractivity contribution is 5.28. The van der Waals surface area contributed by atoms with Gasteiger partial charge in [0.1, 0.15) is 0 Å². The number of allylic oxidation sites excluding steroid dienone is 12. The molecule has 0 N–H and O–H groups in total. The summed E-state index contributed by atoms with van der Waals surface area (Å²) in [6, 6.07) is 8.80. The van der Waals surface area contributed by atoms with Crippen LogP contribution in [0.5, 0.6) is 0 Å². The van der Waals surface area contributed by atoms with Crippen molar-refractivity contribution in [1.82, 2.24) is 0 Å². The molecular weight excluding hydrogens is 973 g/mol. The average molecular weight is 1120 g/mol. The predicted octanol–water partition coefficient (Wildman–Crippen LogP) is 29.6. The minimum absolute atomic E-state index is 0. The van der Waals surface area contributed by atoms with Crippen LogP contribution in [0.15, 0.2) is 97.2 Å². The zero-order valence-electron chi connectivity index (χ0n) is 51.0. The third-order valence-corrected chi connectivity index (χ3v) is 17.4. The number of hydrogen-bond donors (Lipinski definition) is 0. The Morgan fingerprint density at radius 2 is 0.420 bits per heavy atom. The Kier molecular flexibility index (Phi) is 70.0. The van der Waals surface area contributed by atoms with E-state index in [2.05, 4.69) is 97.2 Å². The summed E-state index contributed by atoms with van der Waals surface area (Å²) in [4.78, 5) is 0. The minimum atomic E-state index is 0. The molecule has 14 rings (SSSR count). The lowest BCUT2D eigenvalue weighted by Crippen LogP contribution is -2.22. The van der Waals surface area contributed by atoms with Gasteiger partial charge in [0.05, 0.1) is 0 Å². The van der Waals surface area contributed by atoms with Gasteiger partial charge in [-0.2, -0.15) is 0 Å². The lowest BCUT2D eigenvalue weighted by molar-refractivity contribution is 0.171. The second kappa shape index (κ2) is 68.4. The quantitative estimate of drug-likeness (QED) is 0.179. The topological polar surface area (TPSA) is 0 Å². The molecule has 1 aromatic rings. The highest BCUT2D eigenvalue weighted by Crippen LogP contribution is 2.40. The number of benzene rings is 1. The molecule has 0 radical (unpaired) electrons. The molecule has 13 aliphatic rings. The van der Waals surface area contributed by atoms with Gasteiger partial charge in [0.2, 0.25) is 0 Å². The number of rotatable bonds is 0. The Labute approximate surface area is 514 Å². The van der Waals surface area contributed by atoms with E-state index in [1.807, 2.05) is 0 Å². The van der Waals surface area contributed by atoms with E-state index >= 15 is 0 Å². The van der Waals surface area contributed by atoms with Crippen LogP contribution in [0.2, 0.25) is 0 Å². The maximum absolute atomic E-state index is 2.27. The molecule has 0 heteroatoms. The Bertz CT molecular complexity index is 1330. The van der Waals surface area contributed by atoms with Gasteiger partial charge < -0.3 is 0 Å². The molecule has 0 nitrogen and oxygen atoms in total. The van der Waals surface area contributed by atoms with Crippen molar-refractivity contribution in [3.8, 4) is 0 Å². The average Bonchev–Trinajstić information content (AvgIpc) is 4.09. The summed E-state index contributed by atoms with van der Waals surface area (Å²) in [5, 5.41) is 0. The Balaban J connectivity index is -0.000000824. The third kappa shape index (κ3) is 57.9. The van der Waals surface area contributed by atoms with Crippen LogP contribution in [0.4, 0.5) is 0 Å². The van der Waals surface area contributed by atoms with E-state index in [1.54, 1.807) is 36.8 Å². The maximum atomic E-state index is 2.27. The highest BCUT2D eigenvalue weighted by atomic mass is 14.3. The van der Waals surface area contributed by atoms with Gasteiger partial charge in [0, 0.05) is 0 Å². The molecule has 13 aliphatic carbocycles. The second-order valence-corrected chi connectivity index (χ2v) is 24.7. The molecule has 0 saturated heterocycles. The SMILES string of the molecule is C.C.C.C.C.C1=CCC=CC1.C1=CCCC1.C1=CCCC=C1.C1=CCCCC1.C1CC1.C1CCC1.C1CCC2CCCCC2C1.C1CCCC1.C1CCCCC1.C1CCCCCC1.C1CCCCCCC1.c1ccc2c(c1)CCCC2. The summed E-state index contributed by atoms with van der Waals surface area (Å²) >= 11 is 0.